The predicted octanol–water partition coefficient (Wildman–Crippen LogP) is 7.38. The van der Waals surface area contributed by atoms with E-state index in [1.807, 2.05) is 0 Å². The van der Waals surface area contributed by atoms with Gasteiger partial charge in [0, 0.05) is 24.1 Å². The van der Waals surface area contributed by atoms with Crippen LogP contribution in [0.3, 0.4) is 0 Å². The van der Waals surface area contributed by atoms with Gasteiger partial charge < -0.3 is 8.37 Å². The van der Waals surface area contributed by atoms with E-state index in [0.717, 1.165) is 64.6 Å². The van der Waals surface area contributed by atoms with Gasteiger partial charge in [0.05, 0.1) is 23.7 Å². The highest BCUT2D eigenvalue weighted by Crippen LogP contribution is 2.28. The van der Waals surface area contributed by atoms with Gasteiger partial charge in [0.15, 0.2) is 5.78 Å². The maximum Gasteiger partial charge on any atom is 0.163 e. The molecule has 0 N–H and O–H groups in total. The Morgan fingerprint density at radius 1 is 0.654 bits per heavy atom. The van der Waals surface area contributed by atoms with Gasteiger partial charge in [-0.2, -0.15) is 0 Å². The first-order chi connectivity index (χ1) is 12.7. The summed E-state index contributed by atoms with van der Waals surface area (Å²) in [5.41, 5.74) is 0. The lowest BCUT2D eigenvalue weighted by molar-refractivity contribution is -0.118. The normalized spacial score (nSPS) is 13.7. The fraction of sp³-hybridized carbons (Fsp3) is 0.952. The molecule has 0 saturated carbocycles. The van der Waals surface area contributed by atoms with Crippen molar-refractivity contribution in [2.75, 3.05) is 13.2 Å². The molecule has 2 atom stereocenters. The van der Waals surface area contributed by atoms with E-state index in [1.54, 1.807) is 0 Å². The van der Waals surface area contributed by atoms with Crippen LogP contribution in [0.15, 0.2) is 0 Å². The SMILES string of the molecule is CCCCCOSC(CCCC)C(=O)C(CCCC)SOCCCCC. The zero-order chi connectivity index (χ0) is 19.5. The first-order valence-electron chi connectivity index (χ1n) is 10.8. The van der Waals surface area contributed by atoms with E-state index in [4.69, 9.17) is 8.37 Å². The number of hydrogen-bond acceptors (Lipinski definition) is 5. The molecule has 0 rings (SSSR count). The van der Waals surface area contributed by atoms with Crippen molar-refractivity contribution >= 4 is 29.9 Å². The zero-order valence-corrected chi connectivity index (χ0v) is 19.2. The summed E-state index contributed by atoms with van der Waals surface area (Å²) < 4.78 is 11.5. The summed E-state index contributed by atoms with van der Waals surface area (Å²) in [6.07, 6.45) is 13.1. The molecule has 0 bridgehead atoms. The number of hydrogen-bond donors (Lipinski definition) is 0. The Kier molecular flexibility index (Phi) is 20.3. The number of carbonyl (C=O) groups excluding carboxylic acids is 1. The van der Waals surface area contributed by atoms with Crippen molar-refractivity contribution in [2.45, 2.75) is 115 Å². The molecule has 0 heterocycles. The van der Waals surface area contributed by atoms with Crippen LogP contribution < -0.4 is 0 Å². The zero-order valence-electron chi connectivity index (χ0n) is 17.6. The van der Waals surface area contributed by atoms with E-state index in [2.05, 4.69) is 27.7 Å². The third-order valence-corrected chi connectivity index (χ3v) is 6.31. The molecule has 26 heavy (non-hydrogen) atoms. The van der Waals surface area contributed by atoms with E-state index < -0.39 is 0 Å². The Bertz CT molecular complexity index is 286. The lowest BCUT2D eigenvalue weighted by Crippen LogP contribution is -2.29. The summed E-state index contributed by atoms with van der Waals surface area (Å²) in [5.74, 6) is 0.313. The highest BCUT2D eigenvalue weighted by atomic mass is 32.2. The van der Waals surface area contributed by atoms with Gasteiger partial charge in [0.2, 0.25) is 0 Å². The van der Waals surface area contributed by atoms with Crippen molar-refractivity contribution in [1.82, 2.24) is 0 Å². The van der Waals surface area contributed by atoms with Crippen LogP contribution in [0, 0.1) is 0 Å². The van der Waals surface area contributed by atoms with Crippen LogP contribution in [0.4, 0.5) is 0 Å². The monoisotopic (exact) mass is 406 g/mol. The Morgan fingerprint density at radius 3 is 1.38 bits per heavy atom. The summed E-state index contributed by atoms with van der Waals surface area (Å²) >= 11 is 2.82. The summed E-state index contributed by atoms with van der Waals surface area (Å²) in [4.78, 5) is 13.1. The van der Waals surface area contributed by atoms with Crippen LogP contribution in [0.25, 0.3) is 0 Å². The van der Waals surface area contributed by atoms with E-state index >= 15 is 0 Å². The Balaban J connectivity index is 4.53. The summed E-state index contributed by atoms with van der Waals surface area (Å²) in [5, 5.41) is -0.102. The molecule has 0 aromatic rings. The first kappa shape index (κ1) is 26.3. The first-order valence-corrected chi connectivity index (χ1v) is 12.4. The molecule has 0 aromatic heterocycles. The van der Waals surface area contributed by atoms with Crippen molar-refractivity contribution < 1.29 is 13.2 Å². The number of ketones is 1. The van der Waals surface area contributed by atoms with Crippen LogP contribution in [0.2, 0.25) is 0 Å². The van der Waals surface area contributed by atoms with Crippen molar-refractivity contribution in [3.8, 4) is 0 Å². The summed E-state index contributed by atoms with van der Waals surface area (Å²) in [6.45, 7) is 10.2. The molecule has 2 unspecified atom stereocenters. The highest BCUT2D eigenvalue weighted by molar-refractivity contribution is 7.97. The molecular formula is C21H42O3S2. The third-order valence-electron chi connectivity index (χ3n) is 4.31. The van der Waals surface area contributed by atoms with Gasteiger partial charge in [-0.15, -0.1) is 0 Å². The molecular weight excluding hydrogens is 364 g/mol. The lowest BCUT2D eigenvalue weighted by Gasteiger charge is -2.21. The van der Waals surface area contributed by atoms with Gasteiger partial charge in [0.1, 0.15) is 0 Å². The molecule has 0 saturated heterocycles. The second-order valence-corrected chi connectivity index (χ2v) is 8.91. The Hall–Kier alpha value is 0.290. The Labute approximate surface area is 171 Å². The number of unbranched alkanes of at least 4 members (excludes halogenated alkanes) is 6. The molecule has 5 heteroatoms. The number of rotatable bonds is 20. The molecule has 0 aliphatic rings. The van der Waals surface area contributed by atoms with Gasteiger partial charge >= 0.3 is 0 Å². The highest BCUT2D eigenvalue weighted by Gasteiger charge is 2.28. The second kappa shape index (κ2) is 20.0. The maximum absolute atomic E-state index is 13.1. The fourth-order valence-electron chi connectivity index (χ4n) is 2.54. The summed E-state index contributed by atoms with van der Waals surface area (Å²) in [7, 11) is 0. The van der Waals surface area contributed by atoms with Gasteiger partial charge in [-0.25, -0.2) is 0 Å². The molecule has 156 valence electrons. The maximum atomic E-state index is 13.1. The van der Waals surface area contributed by atoms with Gasteiger partial charge in [-0.3, -0.25) is 4.79 Å². The molecule has 0 spiro atoms. The minimum absolute atomic E-state index is 0.0508. The quantitative estimate of drug-likeness (QED) is 0.156. The molecule has 3 nitrogen and oxygen atoms in total. The molecule has 0 aliphatic heterocycles. The van der Waals surface area contributed by atoms with Crippen LogP contribution in [-0.2, 0) is 13.2 Å². The predicted molar refractivity (Wildman–Crippen MR) is 118 cm³/mol. The van der Waals surface area contributed by atoms with Gasteiger partial charge in [-0.05, 0) is 25.7 Å². The van der Waals surface area contributed by atoms with Crippen molar-refractivity contribution in [3.63, 3.8) is 0 Å². The average molecular weight is 407 g/mol. The molecule has 0 fully saturated rings. The van der Waals surface area contributed by atoms with Crippen LogP contribution in [0.1, 0.15) is 105 Å². The molecule has 0 aromatic carbocycles. The van der Waals surface area contributed by atoms with Gasteiger partial charge in [-0.1, -0.05) is 79.1 Å². The van der Waals surface area contributed by atoms with Crippen molar-refractivity contribution in [2.24, 2.45) is 0 Å². The average Bonchev–Trinajstić information content (AvgIpc) is 2.65. The van der Waals surface area contributed by atoms with Gasteiger partial charge in [0.25, 0.3) is 0 Å². The topological polar surface area (TPSA) is 35.5 Å². The van der Waals surface area contributed by atoms with Crippen molar-refractivity contribution in [3.05, 3.63) is 0 Å². The smallest absolute Gasteiger partial charge is 0.163 e. The largest absolute Gasteiger partial charge is 0.315 e. The lowest BCUT2D eigenvalue weighted by atomic mass is 10.1. The standard InChI is InChI=1S/C21H42O3S2/c1-5-9-13-17-23-25-19(15-11-7-3)21(22)20(16-12-8-4)26-24-18-14-10-6-2/h19-20H,5-18H2,1-4H3. The van der Waals surface area contributed by atoms with E-state index in [1.165, 1.54) is 49.8 Å². The van der Waals surface area contributed by atoms with E-state index in [-0.39, 0.29) is 10.5 Å². The van der Waals surface area contributed by atoms with Crippen LogP contribution >= 0.6 is 24.1 Å². The van der Waals surface area contributed by atoms with Crippen molar-refractivity contribution in [1.29, 1.82) is 0 Å². The molecule has 0 amide bonds. The Morgan fingerprint density at radius 2 is 1.04 bits per heavy atom. The number of carbonyl (C=O) groups is 1. The van der Waals surface area contributed by atoms with Crippen LogP contribution in [-0.4, -0.2) is 29.5 Å². The van der Waals surface area contributed by atoms with E-state index in [0.29, 0.717) is 5.78 Å². The minimum Gasteiger partial charge on any atom is -0.315 e. The third kappa shape index (κ3) is 14.4. The van der Waals surface area contributed by atoms with E-state index in [9.17, 15) is 4.79 Å². The van der Waals surface area contributed by atoms with Crippen LogP contribution in [0.5, 0.6) is 0 Å². The molecule has 0 radical (unpaired) electrons. The fourth-order valence-corrected chi connectivity index (χ4v) is 4.43. The minimum atomic E-state index is -0.0508. The molecule has 0 aliphatic carbocycles. The summed E-state index contributed by atoms with van der Waals surface area (Å²) in [6, 6.07) is 0. The second-order valence-electron chi connectivity index (χ2n) is 6.91. The number of Topliss-reactive ketones (excluding diaryl/α,β-unsaturated/α-hetero) is 1.